The number of benzene rings is 1. The van der Waals surface area contributed by atoms with Crippen LogP contribution in [0, 0.1) is 0 Å². The van der Waals surface area contributed by atoms with E-state index in [1.165, 1.54) is 17.6 Å². The second kappa shape index (κ2) is 3.44. The van der Waals surface area contributed by atoms with Crippen molar-refractivity contribution in [2.45, 2.75) is 6.42 Å². The molecular weight excluding hydrogens is 164 g/mol. The van der Waals surface area contributed by atoms with Gasteiger partial charge in [-0.1, -0.05) is 30.3 Å². The summed E-state index contributed by atoms with van der Waals surface area (Å²) in [6.07, 6.45) is 3.02. The van der Waals surface area contributed by atoms with Crippen LogP contribution < -0.4 is 0 Å². The zero-order chi connectivity index (χ0) is 9.10. The van der Waals surface area contributed by atoms with Crippen LogP contribution in [0.2, 0.25) is 0 Å². The second-order valence-electron chi connectivity index (χ2n) is 2.96. The Kier molecular flexibility index (Phi) is 2.13. The van der Waals surface area contributed by atoms with Crippen molar-refractivity contribution in [1.29, 1.82) is 0 Å². The molecule has 0 saturated carbocycles. The number of carbonyl (C=O) groups excluding carboxylic acids is 1. The van der Waals surface area contributed by atoms with E-state index in [-0.39, 0.29) is 0 Å². The van der Waals surface area contributed by atoms with Crippen LogP contribution in [0.15, 0.2) is 30.3 Å². The van der Waals surface area contributed by atoms with Gasteiger partial charge in [-0.15, -0.1) is 0 Å². The van der Waals surface area contributed by atoms with Gasteiger partial charge in [0.2, 0.25) is 0 Å². The summed E-state index contributed by atoms with van der Waals surface area (Å²) in [5.41, 5.74) is 3.57. The molecule has 0 atom stereocenters. The van der Waals surface area contributed by atoms with Crippen LogP contribution >= 0.6 is 0 Å². The highest BCUT2D eigenvalue weighted by atomic mass is 16.5. The lowest BCUT2D eigenvalue weighted by Crippen LogP contribution is -1.94. The molecular formula is C11H9O2. The number of rotatable bonds is 3. The van der Waals surface area contributed by atoms with Crippen LogP contribution in [0.25, 0.3) is 5.57 Å². The van der Waals surface area contributed by atoms with Gasteiger partial charge in [0, 0.05) is 0 Å². The fourth-order valence-electron chi connectivity index (χ4n) is 1.60. The Morgan fingerprint density at radius 2 is 2.23 bits per heavy atom. The zero-order valence-electron chi connectivity index (χ0n) is 7.12. The Labute approximate surface area is 76.8 Å². The van der Waals surface area contributed by atoms with Crippen LogP contribution in [-0.4, -0.2) is 13.1 Å². The molecule has 0 saturated heterocycles. The van der Waals surface area contributed by atoms with Gasteiger partial charge in [-0.3, -0.25) is 0 Å². The number of allylic oxidation sites excluding steroid dienone is 1. The summed E-state index contributed by atoms with van der Waals surface area (Å²) < 4.78 is 4.60. The Balaban J connectivity index is 2.20. The molecule has 0 amide bonds. The molecule has 0 N–H and O–H groups in total. The molecule has 1 radical (unpaired) electrons. The normalized spacial score (nSPS) is 13.4. The standard InChI is InChI=1S/C11H9O2/c12-8-13-7-10-6-5-9-3-1-2-4-11(9)10/h1-4,6H,5,7H2. The second-order valence-corrected chi connectivity index (χ2v) is 2.96. The molecule has 1 aromatic rings. The SMILES string of the molecule is O=[C]OCC1=CCc2ccccc21. The van der Waals surface area contributed by atoms with Gasteiger partial charge in [0.25, 0.3) is 0 Å². The Morgan fingerprint density at radius 1 is 1.38 bits per heavy atom. The molecule has 0 aliphatic heterocycles. The number of fused-ring (bicyclic) bond motifs is 1. The number of ether oxygens (including phenoxy) is 1. The molecule has 0 aromatic heterocycles. The lowest BCUT2D eigenvalue weighted by atomic mass is 10.1. The largest absolute Gasteiger partial charge is 0.452 e. The molecule has 1 aliphatic rings. The van der Waals surface area contributed by atoms with Gasteiger partial charge in [-0.2, -0.15) is 0 Å². The summed E-state index contributed by atoms with van der Waals surface area (Å²) in [5, 5.41) is 0. The Bertz CT molecular complexity index is 353. The van der Waals surface area contributed by atoms with Gasteiger partial charge < -0.3 is 4.74 Å². The highest BCUT2D eigenvalue weighted by Gasteiger charge is 2.12. The Hall–Kier alpha value is -1.57. The molecule has 0 unspecified atom stereocenters. The summed E-state index contributed by atoms with van der Waals surface area (Å²) in [7, 11) is 0. The summed E-state index contributed by atoms with van der Waals surface area (Å²) >= 11 is 0. The van der Waals surface area contributed by atoms with Crippen molar-refractivity contribution in [3.05, 3.63) is 41.5 Å². The molecule has 0 heterocycles. The van der Waals surface area contributed by atoms with E-state index in [0.717, 1.165) is 12.0 Å². The highest BCUT2D eigenvalue weighted by molar-refractivity contribution is 5.74. The zero-order valence-corrected chi connectivity index (χ0v) is 7.12. The average Bonchev–Trinajstić information content (AvgIpc) is 2.58. The fraction of sp³-hybridized carbons (Fsp3) is 0.182. The van der Waals surface area contributed by atoms with E-state index < -0.39 is 0 Å². The topological polar surface area (TPSA) is 26.3 Å². The summed E-state index contributed by atoms with van der Waals surface area (Å²) in [4.78, 5) is 9.90. The minimum absolute atomic E-state index is 0.334. The van der Waals surface area contributed by atoms with Crippen molar-refractivity contribution < 1.29 is 9.53 Å². The van der Waals surface area contributed by atoms with Crippen LogP contribution in [-0.2, 0) is 16.0 Å². The van der Waals surface area contributed by atoms with Gasteiger partial charge in [-0.05, 0) is 23.1 Å². The van der Waals surface area contributed by atoms with Crippen molar-refractivity contribution in [3.8, 4) is 0 Å². The van der Waals surface area contributed by atoms with E-state index in [1.54, 1.807) is 0 Å². The first-order valence-corrected chi connectivity index (χ1v) is 4.18. The van der Waals surface area contributed by atoms with Crippen LogP contribution in [0.4, 0.5) is 0 Å². The minimum atomic E-state index is 0.334. The van der Waals surface area contributed by atoms with Crippen LogP contribution in [0.5, 0.6) is 0 Å². The maximum Gasteiger partial charge on any atom is 0.417 e. The maximum atomic E-state index is 9.90. The maximum absolute atomic E-state index is 9.90. The molecule has 2 rings (SSSR count). The first kappa shape index (κ1) is 8.05. The predicted octanol–water partition coefficient (Wildman–Crippen LogP) is 1.71. The molecule has 13 heavy (non-hydrogen) atoms. The predicted molar refractivity (Wildman–Crippen MR) is 49.8 cm³/mol. The third-order valence-electron chi connectivity index (χ3n) is 2.22. The van der Waals surface area contributed by atoms with Crippen molar-refractivity contribution in [1.82, 2.24) is 0 Å². The quantitative estimate of drug-likeness (QED) is 0.695. The van der Waals surface area contributed by atoms with E-state index in [4.69, 9.17) is 0 Å². The first-order chi connectivity index (χ1) is 6.42. The molecule has 2 heteroatoms. The molecule has 1 aromatic carbocycles. The molecule has 2 nitrogen and oxygen atoms in total. The van der Waals surface area contributed by atoms with Gasteiger partial charge in [0.05, 0.1) is 0 Å². The van der Waals surface area contributed by atoms with Crippen LogP contribution in [0.1, 0.15) is 11.1 Å². The number of hydrogen-bond donors (Lipinski definition) is 0. The third kappa shape index (κ3) is 1.47. The first-order valence-electron chi connectivity index (χ1n) is 4.18. The summed E-state index contributed by atoms with van der Waals surface area (Å²) in [6, 6.07) is 8.14. The summed E-state index contributed by atoms with van der Waals surface area (Å²) in [5.74, 6) is 0. The van der Waals surface area contributed by atoms with E-state index in [2.05, 4.69) is 16.9 Å². The van der Waals surface area contributed by atoms with Gasteiger partial charge in [0.15, 0.2) is 0 Å². The van der Waals surface area contributed by atoms with Crippen LogP contribution in [0.3, 0.4) is 0 Å². The van der Waals surface area contributed by atoms with Gasteiger partial charge in [-0.25, -0.2) is 4.79 Å². The third-order valence-corrected chi connectivity index (χ3v) is 2.22. The molecule has 0 spiro atoms. The molecule has 0 fully saturated rings. The average molecular weight is 173 g/mol. The van der Waals surface area contributed by atoms with Crippen molar-refractivity contribution in [2.75, 3.05) is 6.61 Å². The molecule has 65 valence electrons. The summed E-state index contributed by atoms with van der Waals surface area (Å²) in [6.45, 7) is 1.77. The minimum Gasteiger partial charge on any atom is -0.452 e. The van der Waals surface area contributed by atoms with Crippen molar-refractivity contribution in [3.63, 3.8) is 0 Å². The monoisotopic (exact) mass is 173 g/mol. The van der Waals surface area contributed by atoms with Crippen molar-refractivity contribution in [2.24, 2.45) is 0 Å². The van der Waals surface area contributed by atoms with E-state index in [9.17, 15) is 4.79 Å². The highest BCUT2D eigenvalue weighted by Crippen LogP contribution is 2.26. The Morgan fingerprint density at radius 3 is 3.08 bits per heavy atom. The lowest BCUT2D eigenvalue weighted by molar-refractivity contribution is 0.319. The fourth-order valence-corrected chi connectivity index (χ4v) is 1.60. The molecule has 0 bridgehead atoms. The van der Waals surface area contributed by atoms with Gasteiger partial charge >= 0.3 is 6.47 Å². The van der Waals surface area contributed by atoms with E-state index in [0.29, 0.717) is 6.61 Å². The van der Waals surface area contributed by atoms with E-state index in [1.807, 2.05) is 18.2 Å². The number of hydrogen-bond acceptors (Lipinski definition) is 2. The smallest absolute Gasteiger partial charge is 0.417 e. The van der Waals surface area contributed by atoms with Crippen molar-refractivity contribution >= 4 is 12.0 Å². The van der Waals surface area contributed by atoms with E-state index >= 15 is 0 Å². The van der Waals surface area contributed by atoms with Gasteiger partial charge in [0.1, 0.15) is 6.61 Å². The molecule has 1 aliphatic carbocycles. The lowest BCUT2D eigenvalue weighted by Gasteiger charge is -2.02.